The highest BCUT2D eigenvalue weighted by Gasteiger charge is 2.12. The highest BCUT2D eigenvalue weighted by molar-refractivity contribution is 5.94. The van der Waals surface area contributed by atoms with Gasteiger partial charge in [-0.2, -0.15) is 0 Å². The van der Waals surface area contributed by atoms with Crippen LogP contribution in [0.1, 0.15) is 12.0 Å². The van der Waals surface area contributed by atoms with Crippen molar-refractivity contribution in [3.05, 3.63) is 30.0 Å². The number of hydrogen-bond acceptors (Lipinski definition) is 3. The van der Waals surface area contributed by atoms with E-state index in [2.05, 4.69) is 10.3 Å². The average molecular weight is 200 g/mol. The maximum Gasteiger partial charge on any atom is 0.116 e. The second-order valence-electron chi connectivity index (χ2n) is 3.89. The molecule has 0 fully saturated rings. The van der Waals surface area contributed by atoms with E-state index >= 15 is 0 Å². The lowest BCUT2D eigenvalue weighted by Gasteiger charge is -2.19. The van der Waals surface area contributed by atoms with E-state index in [0.717, 1.165) is 36.0 Å². The van der Waals surface area contributed by atoms with Crippen LogP contribution in [0.25, 0.3) is 10.9 Å². The number of nitrogens with one attached hydrogen (secondary N) is 1. The lowest BCUT2D eigenvalue weighted by molar-refractivity contribution is 0.476. The number of nitrogens with zero attached hydrogens (tertiary/aromatic N) is 1. The molecule has 3 heteroatoms. The van der Waals surface area contributed by atoms with Gasteiger partial charge in [0.25, 0.3) is 0 Å². The zero-order valence-corrected chi connectivity index (χ0v) is 8.33. The van der Waals surface area contributed by atoms with Crippen LogP contribution in [0.15, 0.2) is 24.4 Å². The van der Waals surface area contributed by atoms with E-state index in [-0.39, 0.29) is 0 Å². The first-order valence-electron chi connectivity index (χ1n) is 5.19. The first kappa shape index (κ1) is 8.53. The van der Waals surface area contributed by atoms with E-state index in [1.807, 2.05) is 12.3 Å². The minimum atomic E-state index is 0.296. The summed E-state index contributed by atoms with van der Waals surface area (Å²) in [6.07, 6.45) is 4.15. The molecule has 15 heavy (non-hydrogen) atoms. The van der Waals surface area contributed by atoms with Crippen molar-refractivity contribution < 1.29 is 5.11 Å². The number of fused-ring (bicyclic) bond motifs is 3. The van der Waals surface area contributed by atoms with E-state index in [1.165, 1.54) is 5.56 Å². The lowest BCUT2D eigenvalue weighted by Crippen LogP contribution is -2.12. The number of pyridine rings is 1. The molecule has 1 aliphatic rings. The van der Waals surface area contributed by atoms with Gasteiger partial charge in [0.05, 0.1) is 5.52 Å². The van der Waals surface area contributed by atoms with Crippen molar-refractivity contribution in [2.75, 3.05) is 11.9 Å². The molecular weight excluding hydrogens is 188 g/mol. The second-order valence-corrected chi connectivity index (χ2v) is 3.89. The van der Waals surface area contributed by atoms with Gasteiger partial charge < -0.3 is 10.4 Å². The Bertz CT molecular complexity index is 522. The van der Waals surface area contributed by atoms with Crippen LogP contribution in [0.5, 0.6) is 5.75 Å². The number of benzene rings is 1. The van der Waals surface area contributed by atoms with Crippen LogP contribution in [0.3, 0.4) is 0 Å². The Kier molecular flexibility index (Phi) is 1.78. The third-order valence-corrected chi connectivity index (χ3v) is 2.85. The number of phenols is 1. The number of rotatable bonds is 0. The van der Waals surface area contributed by atoms with Crippen LogP contribution in [-0.4, -0.2) is 16.6 Å². The van der Waals surface area contributed by atoms with Crippen molar-refractivity contribution in [3.63, 3.8) is 0 Å². The predicted octanol–water partition coefficient (Wildman–Crippen LogP) is 2.30. The van der Waals surface area contributed by atoms with Gasteiger partial charge in [-0.05, 0) is 36.6 Å². The van der Waals surface area contributed by atoms with Gasteiger partial charge in [-0.3, -0.25) is 4.98 Å². The van der Waals surface area contributed by atoms with Gasteiger partial charge >= 0.3 is 0 Å². The van der Waals surface area contributed by atoms with Crippen LogP contribution < -0.4 is 5.32 Å². The Morgan fingerprint density at radius 3 is 3.20 bits per heavy atom. The van der Waals surface area contributed by atoms with Crippen LogP contribution in [0.2, 0.25) is 0 Å². The van der Waals surface area contributed by atoms with Crippen molar-refractivity contribution in [2.24, 2.45) is 0 Å². The largest absolute Gasteiger partial charge is 0.508 e. The van der Waals surface area contributed by atoms with Crippen LogP contribution in [-0.2, 0) is 6.42 Å². The highest BCUT2D eigenvalue weighted by Crippen LogP contribution is 2.31. The zero-order valence-electron chi connectivity index (χ0n) is 8.33. The van der Waals surface area contributed by atoms with Gasteiger partial charge in [0.2, 0.25) is 0 Å². The Hall–Kier alpha value is -1.77. The Morgan fingerprint density at radius 1 is 1.33 bits per heavy atom. The predicted molar refractivity (Wildman–Crippen MR) is 60.2 cm³/mol. The monoisotopic (exact) mass is 200 g/mol. The summed E-state index contributed by atoms with van der Waals surface area (Å²) in [6, 6.07) is 5.30. The summed E-state index contributed by atoms with van der Waals surface area (Å²) in [5.74, 6) is 0.296. The molecule has 1 aromatic carbocycles. The topological polar surface area (TPSA) is 45.2 Å². The fourth-order valence-electron chi connectivity index (χ4n) is 2.11. The SMILES string of the molecule is Oc1ccc2ncc3c(c2c1)NCCC3. The third-order valence-electron chi connectivity index (χ3n) is 2.85. The summed E-state index contributed by atoms with van der Waals surface area (Å²) >= 11 is 0. The molecule has 0 atom stereocenters. The molecule has 1 aromatic heterocycles. The smallest absolute Gasteiger partial charge is 0.116 e. The maximum absolute atomic E-state index is 9.48. The molecule has 0 unspecified atom stereocenters. The first-order valence-corrected chi connectivity index (χ1v) is 5.19. The zero-order chi connectivity index (χ0) is 10.3. The molecule has 0 aliphatic carbocycles. The molecule has 3 nitrogen and oxygen atoms in total. The molecule has 0 saturated heterocycles. The molecule has 76 valence electrons. The Morgan fingerprint density at radius 2 is 2.27 bits per heavy atom. The summed E-state index contributed by atoms with van der Waals surface area (Å²) in [6.45, 7) is 1.00. The minimum Gasteiger partial charge on any atom is -0.508 e. The molecule has 0 saturated carbocycles. The van der Waals surface area contributed by atoms with Gasteiger partial charge in [-0.15, -0.1) is 0 Å². The van der Waals surface area contributed by atoms with Crippen LogP contribution in [0.4, 0.5) is 5.69 Å². The summed E-state index contributed by atoms with van der Waals surface area (Å²) in [4.78, 5) is 4.38. The normalized spacial score (nSPS) is 14.7. The standard InChI is InChI=1S/C12H12N2O/c15-9-3-4-11-10(6-9)12-8(7-14-11)2-1-5-13-12/h3-4,6-7,13,15H,1-2,5H2. The number of phenolic OH excluding ortho intramolecular Hbond substituents is 1. The summed E-state index contributed by atoms with van der Waals surface area (Å²) in [5.41, 5.74) is 3.32. The molecule has 0 radical (unpaired) electrons. The molecule has 0 spiro atoms. The number of aromatic hydroxyl groups is 1. The molecule has 0 bridgehead atoms. The van der Waals surface area contributed by atoms with E-state index in [4.69, 9.17) is 0 Å². The Labute approximate surface area is 87.8 Å². The van der Waals surface area contributed by atoms with Gasteiger partial charge in [0.15, 0.2) is 0 Å². The van der Waals surface area contributed by atoms with Gasteiger partial charge in [-0.1, -0.05) is 0 Å². The summed E-state index contributed by atoms with van der Waals surface area (Å²) in [7, 11) is 0. The number of hydrogen-bond donors (Lipinski definition) is 2. The fraction of sp³-hybridized carbons (Fsp3) is 0.250. The molecular formula is C12H12N2O. The van der Waals surface area contributed by atoms with Crippen molar-refractivity contribution in [2.45, 2.75) is 12.8 Å². The van der Waals surface area contributed by atoms with Gasteiger partial charge in [-0.25, -0.2) is 0 Å². The number of anilines is 1. The first-order chi connectivity index (χ1) is 7.34. The van der Waals surface area contributed by atoms with Crippen molar-refractivity contribution in [3.8, 4) is 5.75 Å². The number of aryl methyl sites for hydroxylation is 1. The fourth-order valence-corrected chi connectivity index (χ4v) is 2.11. The molecule has 2 N–H and O–H groups in total. The van der Waals surface area contributed by atoms with Crippen molar-refractivity contribution >= 4 is 16.6 Å². The summed E-state index contributed by atoms with van der Waals surface area (Å²) < 4.78 is 0. The van der Waals surface area contributed by atoms with Crippen molar-refractivity contribution in [1.82, 2.24) is 4.98 Å². The van der Waals surface area contributed by atoms with E-state index < -0.39 is 0 Å². The quantitative estimate of drug-likeness (QED) is 0.685. The van der Waals surface area contributed by atoms with Crippen LogP contribution >= 0.6 is 0 Å². The highest BCUT2D eigenvalue weighted by atomic mass is 16.3. The van der Waals surface area contributed by atoms with Crippen molar-refractivity contribution in [1.29, 1.82) is 0 Å². The Balaban J connectivity index is 2.34. The molecule has 3 rings (SSSR count). The molecule has 2 heterocycles. The van der Waals surface area contributed by atoms with E-state index in [1.54, 1.807) is 12.1 Å². The van der Waals surface area contributed by atoms with E-state index in [9.17, 15) is 5.11 Å². The van der Waals surface area contributed by atoms with Gasteiger partial charge in [0, 0.05) is 23.8 Å². The third kappa shape index (κ3) is 1.31. The molecule has 2 aromatic rings. The lowest BCUT2D eigenvalue weighted by atomic mass is 10.0. The molecule has 1 aliphatic heterocycles. The van der Waals surface area contributed by atoms with Gasteiger partial charge in [0.1, 0.15) is 5.75 Å². The summed E-state index contributed by atoms with van der Waals surface area (Å²) in [5, 5.41) is 13.9. The van der Waals surface area contributed by atoms with E-state index in [0.29, 0.717) is 5.75 Å². The van der Waals surface area contributed by atoms with Crippen LogP contribution in [0, 0.1) is 0 Å². The minimum absolute atomic E-state index is 0.296. The maximum atomic E-state index is 9.48. The average Bonchev–Trinajstić information content (AvgIpc) is 2.29. The number of aromatic nitrogens is 1. The molecule has 0 amide bonds. The second kappa shape index (κ2) is 3.12.